The Hall–Kier alpha value is -2.60. The number of carbonyl (C=O) groups excluding carboxylic acids is 1. The van der Waals surface area contributed by atoms with Crippen molar-refractivity contribution in [1.82, 2.24) is 14.8 Å². The van der Waals surface area contributed by atoms with Crippen molar-refractivity contribution in [3.63, 3.8) is 0 Å². The third-order valence-corrected chi connectivity index (χ3v) is 6.07. The molecule has 0 spiro atoms. The molecule has 0 saturated carbocycles. The number of rotatable bonds is 6. The van der Waals surface area contributed by atoms with Gasteiger partial charge in [0.25, 0.3) is 5.56 Å². The molecule has 0 unspecified atom stereocenters. The Morgan fingerprint density at radius 3 is 2.73 bits per heavy atom. The Morgan fingerprint density at radius 1 is 1.17 bits per heavy atom. The van der Waals surface area contributed by atoms with Crippen LogP contribution in [0.4, 0.5) is 0 Å². The largest absolute Gasteiger partial charge is 0.487 e. The number of nitrogens with one attached hydrogen (secondary N) is 1. The Labute approximate surface area is 177 Å². The number of nitrogens with zero attached hydrogens (tertiary/aromatic N) is 2. The standard InChI is InChI=1S/C24H31N3O3/c1-24(2)14-19-6-5-7-20(23(19)30-24)16-26-12-9-18(10-13-26)15-25-21(28)17-27-11-4-3-8-22(27)29/h3-8,11,18H,9-10,12-17H2,1-2H3,(H,25,28). The molecule has 1 aromatic carbocycles. The van der Waals surface area contributed by atoms with E-state index in [1.807, 2.05) is 0 Å². The molecule has 30 heavy (non-hydrogen) atoms. The molecule has 2 aliphatic heterocycles. The Morgan fingerprint density at radius 2 is 1.97 bits per heavy atom. The predicted molar refractivity (Wildman–Crippen MR) is 117 cm³/mol. The topological polar surface area (TPSA) is 63.6 Å². The van der Waals surface area contributed by atoms with Crippen molar-refractivity contribution < 1.29 is 9.53 Å². The maximum Gasteiger partial charge on any atom is 0.250 e. The molecule has 2 aliphatic rings. The van der Waals surface area contributed by atoms with Crippen LogP contribution < -0.4 is 15.6 Å². The number of pyridine rings is 1. The van der Waals surface area contributed by atoms with Gasteiger partial charge in [-0.25, -0.2) is 0 Å². The molecule has 1 N–H and O–H groups in total. The summed E-state index contributed by atoms with van der Waals surface area (Å²) in [7, 11) is 0. The highest BCUT2D eigenvalue weighted by molar-refractivity contribution is 5.75. The molecule has 1 fully saturated rings. The molecule has 1 saturated heterocycles. The number of piperidine rings is 1. The third-order valence-electron chi connectivity index (χ3n) is 6.07. The van der Waals surface area contributed by atoms with Gasteiger partial charge in [-0.1, -0.05) is 24.3 Å². The second-order valence-corrected chi connectivity index (χ2v) is 9.13. The van der Waals surface area contributed by atoms with Gasteiger partial charge in [-0.05, 0) is 57.3 Å². The summed E-state index contributed by atoms with van der Waals surface area (Å²) in [5.74, 6) is 1.45. The monoisotopic (exact) mass is 409 g/mol. The minimum atomic E-state index is -0.152. The highest BCUT2D eigenvalue weighted by Gasteiger charge is 2.32. The minimum absolute atomic E-state index is 0.0774. The van der Waals surface area contributed by atoms with E-state index in [1.165, 1.54) is 21.8 Å². The van der Waals surface area contributed by atoms with E-state index in [0.29, 0.717) is 12.5 Å². The summed E-state index contributed by atoms with van der Waals surface area (Å²) in [5.41, 5.74) is 2.32. The fourth-order valence-electron chi connectivity index (χ4n) is 4.45. The first kappa shape index (κ1) is 20.7. The van der Waals surface area contributed by atoms with Gasteiger partial charge in [-0.15, -0.1) is 0 Å². The SMILES string of the molecule is CC1(C)Cc2cccc(CN3CCC(CNC(=O)Cn4ccccc4=O)CC3)c2O1. The van der Waals surface area contributed by atoms with Gasteiger partial charge in [0.05, 0.1) is 0 Å². The average molecular weight is 410 g/mol. The van der Waals surface area contributed by atoms with Gasteiger partial charge in [0.2, 0.25) is 5.91 Å². The fourth-order valence-corrected chi connectivity index (χ4v) is 4.45. The fraction of sp³-hybridized carbons (Fsp3) is 0.500. The van der Waals surface area contributed by atoms with Gasteiger partial charge in [-0.3, -0.25) is 14.5 Å². The van der Waals surface area contributed by atoms with E-state index in [0.717, 1.165) is 44.6 Å². The van der Waals surface area contributed by atoms with Crippen molar-refractivity contribution in [2.45, 2.75) is 51.8 Å². The molecule has 1 amide bonds. The van der Waals surface area contributed by atoms with Gasteiger partial charge < -0.3 is 14.6 Å². The van der Waals surface area contributed by atoms with Crippen molar-refractivity contribution in [2.24, 2.45) is 5.92 Å². The molecule has 3 heterocycles. The van der Waals surface area contributed by atoms with Gasteiger partial charge in [-0.2, -0.15) is 0 Å². The van der Waals surface area contributed by atoms with E-state index < -0.39 is 0 Å². The summed E-state index contributed by atoms with van der Waals surface area (Å²) in [5, 5.41) is 3.00. The van der Waals surface area contributed by atoms with Gasteiger partial charge in [0, 0.05) is 37.3 Å². The van der Waals surface area contributed by atoms with Gasteiger partial charge in [0.1, 0.15) is 17.9 Å². The van der Waals surface area contributed by atoms with E-state index >= 15 is 0 Å². The number of benzene rings is 1. The number of para-hydroxylation sites is 1. The number of hydrogen-bond donors (Lipinski definition) is 1. The summed E-state index contributed by atoms with van der Waals surface area (Å²) < 4.78 is 7.64. The van der Waals surface area contributed by atoms with Gasteiger partial charge in [0.15, 0.2) is 0 Å². The predicted octanol–water partition coefficient (Wildman–Crippen LogP) is 2.59. The number of carbonyl (C=O) groups is 1. The lowest BCUT2D eigenvalue weighted by atomic mass is 9.96. The van der Waals surface area contributed by atoms with Crippen LogP contribution in [0.15, 0.2) is 47.4 Å². The summed E-state index contributed by atoms with van der Waals surface area (Å²) in [6, 6.07) is 11.4. The van der Waals surface area contributed by atoms with Crippen molar-refractivity contribution in [3.8, 4) is 5.75 Å². The molecule has 0 bridgehead atoms. The highest BCUT2D eigenvalue weighted by Crippen LogP contribution is 2.38. The number of likely N-dealkylation sites (tertiary alicyclic amines) is 1. The first-order valence-corrected chi connectivity index (χ1v) is 10.8. The van der Waals surface area contributed by atoms with E-state index in [4.69, 9.17) is 4.74 Å². The number of hydrogen-bond acceptors (Lipinski definition) is 4. The molecule has 1 aromatic heterocycles. The lowest BCUT2D eigenvalue weighted by Crippen LogP contribution is -2.39. The van der Waals surface area contributed by atoms with Crippen molar-refractivity contribution >= 4 is 5.91 Å². The molecule has 6 heteroatoms. The zero-order valence-corrected chi connectivity index (χ0v) is 17.9. The van der Waals surface area contributed by atoms with E-state index in [-0.39, 0.29) is 23.6 Å². The first-order chi connectivity index (χ1) is 14.4. The quantitative estimate of drug-likeness (QED) is 0.797. The molecule has 2 aromatic rings. The van der Waals surface area contributed by atoms with E-state index in [2.05, 4.69) is 42.3 Å². The van der Waals surface area contributed by atoms with Crippen molar-refractivity contribution in [3.05, 3.63) is 64.1 Å². The summed E-state index contributed by atoms with van der Waals surface area (Å²) in [6.07, 6.45) is 4.73. The second kappa shape index (κ2) is 8.64. The zero-order valence-electron chi connectivity index (χ0n) is 17.9. The molecule has 160 valence electrons. The van der Waals surface area contributed by atoms with E-state index in [1.54, 1.807) is 18.3 Å². The van der Waals surface area contributed by atoms with Crippen LogP contribution in [0.5, 0.6) is 5.75 Å². The molecule has 6 nitrogen and oxygen atoms in total. The molecule has 0 radical (unpaired) electrons. The average Bonchev–Trinajstić information content (AvgIpc) is 3.04. The Balaban J connectivity index is 1.23. The smallest absolute Gasteiger partial charge is 0.250 e. The van der Waals surface area contributed by atoms with Crippen molar-refractivity contribution in [1.29, 1.82) is 0 Å². The van der Waals surface area contributed by atoms with Crippen LogP contribution in [0, 0.1) is 5.92 Å². The zero-order chi connectivity index (χ0) is 21.1. The number of ether oxygens (including phenoxy) is 1. The summed E-state index contributed by atoms with van der Waals surface area (Å²) in [4.78, 5) is 26.4. The maximum absolute atomic E-state index is 12.2. The Kier molecular flexibility index (Phi) is 5.95. The molecule has 4 rings (SSSR count). The number of aromatic nitrogens is 1. The summed E-state index contributed by atoms with van der Waals surface area (Å²) >= 11 is 0. The van der Waals surface area contributed by atoms with Crippen LogP contribution in [-0.4, -0.2) is 40.6 Å². The number of amides is 1. The first-order valence-electron chi connectivity index (χ1n) is 10.8. The minimum Gasteiger partial charge on any atom is -0.487 e. The van der Waals surface area contributed by atoms with Crippen LogP contribution in [0.2, 0.25) is 0 Å². The summed E-state index contributed by atoms with van der Waals surface area (Å²) in [6.45, 7) is 7.99. The maximum atomic E-state index is 12.2. The highest BCUT2D eigenvalue weighted by atomic mass is 16.5. The lowest BCUT2D eigenvalue weighted by molar-refractivity contribution is -0.122. The molecular formula is C24H31N3O3. The third kappa shape index (κ3) is 4.93. The van der Waals surface area contributed by atoms with Crippen LogP contribution in [0.25, 0.3) is 0 Å². The van der Waals surface area contributed by atoms with Crippen LogP contribution in [0.3, 0.4) is 0 Å². The molecular weight excluding hydrogens is 378 g/mol. The lowest BCUT2D eigenvalue weighted by Gasteiger charge is -2.32. The van der Waals surface area contributed by atoms with Gasteiger partial charge >= 0.3 is 0 Å². The second-order valence-electron chi connectivity index (χ2n) is 9.13. The molecule has 0 aliphatic carbocycles. The number of fused-ring (bicyclic) bond motifs is 1. The van der Waals surface area contributed by atoms with Crippen LogP contribution >= 0.6 is 0 Å². The van der Waals surface area contributed by atoms with Crippen LogP contribution in [0.1, 0.15) is 37.8 Å². The molecule has 0 atom stereocenters. The van der Waals surface area contributed by atoms with Crippen molar-refractivity contribution in [2.75, 3.05) is 19.6 Å². The Bertz CT molecular complexity index is 958. The normalized spacial score (nSPS) is 18.6. The van der Waals surface area contributed by atoms with Crippen LogP contribution in [-0.2, 0) is 24.3 Å². The van der Waals surface area contributed by atoms with E-state index in [9.17, 15) is 9.59 Å².